The molecule has 1 aromatic rings. The number of carbonyl (C=O) groups excluding carboxylic acids is 2. The fourth-order valence-electron chi connectivity index (χ4n) is 1.43. The third-order valence-corrected chi connectivity index (χ3v) is 2.49. The van der Waals surface area contributed by atoms with Crippen LogP contribution in [-0.4, -0.2) is 36.9 Å². The summed E-state index contributed by atoms with van der Waals surface area (Å²) < 4.78 is 0. The fraction of sp³-hybridized carbons (Fsp3) is 0.462. The Morgan fingerprint density at radius 1 is 1.10 bits per heavy atom. The zero-order valence-corrected chi connectivity index (χ0v) is 13.6. The second-order valence-corrected chi connectivity index (χ2v) is 4.09. The Balaban J connectivity index is 0. The first-order valence-electron chi connectivity index (χ1n) is 6.29. The number of halogens is 2. The van der Waals surface area contributed by atoms with Crippen molar-refractivity contribution in [1.82, 2.24) is 20.9 Å². The van der Waals surface area contributed by atoms with Crippen LogP contribution in [0.25, 0.3) is 0 Å². The van der Waals surface area contributed by atoms with Gasteiger partial charge in [0.1, 0.15) is 0 Å². The summed E-state index contributed by atoms with van der Waals surface area (Å²) in [7, 11) is 1.79. The first kappa shape index (κ1) is 21.9. The average Bonchev–Trinajstić information content (AvgIpc) is 2.44. The van der Waals surface area contributed by atoms with E-state index in [0.717, 1.165) is 5.56 Å². The Morgan fingerprint density at radius 3 is 2.38 bits per heavy atom. The lowest BCUT2D eigenvalue weighted by Gasteiger charge is -2.06. The molecule has 0 fully saturated rings. The zero-order chi connectivity index (χ0) is 13.9. The summed E-state index contributed by atoms with van der Waals surface area (Å²) in [6.45, 7) is 1.46. The topological polar surface area (TPSA) is 83.1 Å². The van der Waals surface area contributed by atoms with Crippen molar-refractivity contribution in [1.29, 1.82) is 0 Å². The van der Waals surface area contributed by atoms with Crippen molar-refractivity contribution in [3.05, 3.63) is 30.1 Å². The number of nitrogens with one attached hydrogen (secondary N) is 3. The lowest BCUT2D eigenvalue weighted by atomic mass is 10.3. The van der Waals surface area contributed by atoms with Crippen molar-refractivity contribution in [3.8, 4) is 0 Å². The van der Waals surface area contributed by atoms with Crippen LogP contribution in [0.1, 0.15) is 18.4 Å². The Labute approximate surface area is 137 Å². The van der Waals surface area contributed by atoms with Crippen LogP contribution >= 0.6 is 24.8 Å². The number of rotatable bonds is 8. The molecule has 0 unspecified atom stereocenters. The number of nitrogens with zero attached hydrogens (tertiary/aromatic N) is 1. The molecule has 1 rings (SSSR count). The SMILES string of the molecule is CNCCC(=O)NCCC(=O)NCc1cccnc1.Cl.Cl. The van der Waals surface area contributed by atoms with Crippen LogP contribution in [0.5, 0.6) is 0 Å². The molecule has 0 aromatic carbocycles. The van der Waals surface area contributed by atoms with Crippen molar-refractivity contribution >= 4 is 36.6 Å². The van der Waals surface area contributed by atoms with E-state index in [4.69, 9.17) is 0 Å². The van der Waals surface area contributed by atoms with Crippen LogP contribution in [0.15, 0.2) is 24.5 Å². The third kappa shape index (κ3) is 11.0. The summed E-state index contributed by atoms with van der Waals surface area (Å²) in [6.07, 6.45) is 4.10. The molecule has 120 valence electrons. The summed E-state index contributed by atoms with van der Waals surface area (Å²) in [4.78, 5) is 26.8. The normalized spacial score (nSPS) is 9.00. The molecule has 0 aliphatic rings. The average molecular weight is 337 g/mol. The van der Waals surface area contributed by atoms with Gasteiger partial charge in [-0.3, -0.25) is 14.6 Å². The molecule has 0 spiro atoms. The fourth-order valence-corrected chi connectivity index (χ4v) is 1.43. The minimum absolute atomic E-state index is 0. The second kappa shape index (κ2) is 13.6. The lowest BCUT2D eigenvalue weighted by Crippen LogP contribution is -2.31. The summed E-state index contributed by atoms with van der Waals surface area (Å²) in [5, 5.41) is 8.36. The molecule has 6 nitrogen and oxygen atoms in total. The maximum Gasteiger partial charge on any atom is 0.222 e. The Morgan fingerprint density at radius 2 is 1.76 bits per heavy atom. The van der Waals surface area contributed by atoms with Gasteiger partial charge in [-0.05, 0) is 18.7 Å². The minimum atomic E-state index is -0.0854. The van der Waals surface area contributed by atoms with Gasteiger partial charge < -0.3 is 16.0 Å². The number of aromatic nitrogens is 1. The number of hydrogen-bond donors (Lipinski definition) is 3. The molecule has 0 aliphatic carbocycles. The van der Waals surface area contributed by atoms with Crippen LogP contribution in [0.3, 0.4) is 0 Å². The van der Waals surface area contributed by atoms with Gasteiger partial charge in [-0.15, -0.1) is 24.8 Å². The largest absolute Gasteiger partial charge is 0.356 e. The maximum absolute atomic E-state index is 11.5. The highest BCUT2D eigenvalue weighted by Crippen LogP contribution is 1.94. The van der Waals surface area contributed by atoms with E-state index in [0.29, 0.717) is 26.1 Å². The molecule has 3 N–H and O–H groups in total. The number of carbonyl (C=O) groups is 2. The molecule has 0 radical (unpaired) electrons. The second-order valence-electron chi connectivity index (χ2n) is 4.09. The highest BCUT2D eigenvalue weighted by atomic mass is 35.5. The van der Waals surface area contributed by atoms with Gasteiger partial charge in [0, 0.05) is 44.9 Å². The van der Waals surface area contributed by atoms with Gasteiger partial charge in [0.15, 0.2) is 0 Å². The summed E-state index contributed by atoms with van der Waals surface area (Å²) in [6, 6.07) is 3.72. The third-order valence-electron chi connectivity index (χ3n) is 2.49. The summed E-state index contributed by atoms with van der Waals surface area (Å²) in [5.41, 5.74) is 0.953. The molecule has 0 saturated carbocycles. The van der Waals surface area contributed by atoms with Crippen LogP contribution in [0, 0.1) is 0 Å². The van der Waals surface area contributed by atoms with Gasteiger partial charge in [-0.2, -0.15) is 0 Å². The maximum atomic E-state index is 11.5. The van der Waals surface area contributed by atoms with Gasteiger partial charge in [-0.25, -0.2) is 0 Å². The summed E-state index contributed by atoms with van der Waals surface area (Å²) >= 11 is 0. The van der Waals surface area contributed by atoms with E-state index >= 15 is 0 Å². The minimum Gasteiger partial charge on any atom is -0.356 e. The predicted molar refractivity (Wildman–Crippen MR) is 86.8 cm³/mol. The number of amides is 2. The van der Waals surface area contributed by atoms with E-state index in [-0.39, 0.29) is 43.0 Å². The molecule has 0 atom stereocenters. The first-order chi connectivity index (χ1) is 9.22. The first-order valence-corrected chi connectivity index (χ1v) is 6.29. The van der Waals surface area contributed by atoms with E-state index in [1.807, 2.05) is 12.1 Å². The molecule has 21 heavy (non-hydrogen) atoms. The highest BCUT2D eigenvalue weighted by Gasteiger charge is 2.03. The molecular formula is C13H22Cl2N4O2. The molecule has 0 saturated heterocycles. The highest BCUT2D eigenvalue weighted by molar-refractivity contribution is 5.85. The standard InChI is InChI=1S/C13H20N4O2.2ClH/c1-14-7-4-12(18)16-8-5-13(19)17-10-11-3-2-6-15-9-11;;/h2-3,6,9,14H,4-5,7-8,10H2,1H3,(H,16,18)(H,17,19);2*1H. The van der Waals surface area contributed by atoms with E-state index in [2.05, 4.69) is 20.9 Å². The monoisotopic (exact) mass is 336 g/mol. The van der Waals surface area contributed by atoms with Gasteiger partial charge in [0.05, 0.1) is 0 Å². The number of hydrogen-bond acceptors (Lipinski definition) is 4. The quantitative estimate of drug-likeness (QED) is 0.651. The molecule has 1 aromatic heterocycles. The van der Waals surface area contributed by atoms with E-state index in [1.165, 1.54) is 0 Å². The van der Waals surface area contributed by atoms with Crippen molar-refractivity contribution in [2.24, 2.45) is 0 Å². The smallest absolute Gasteiger partial charge is 0.222 e. The zero-order valence-electron chi connectivity index (χ0n) is 11.9. The molecule has 2 amide bonds. The van der Waals surface area contributed by atoms with Crippen molar-refractivity contribution in [2.45, 2.75) is 19.4 Å². The van der Waals surface area contributed by atoms with Crippen molar-refractivity contribution < 1.29 is 9.59 Å². The van der Waals surface area contributed by atoms with Crippen LogP contribution in [0.4, 0.5) is 0 Å². The van der Waals surface area contributed by atoms with Gasteiger partial charge in [0.2, 0.25) is 11.8 Å². The van der Waals surface area contributed by atoms with Gasteiger partial charge >= 0.3 is 0 Å². The van der Waals surface area contributed by atoms with Crippen LogP contribution < -0.4 is 16.0 Å². The predicted octanol–water partition coefficient (Wildman–Crippen LogP) is 0.657. The molecule has 0 bridgehead atoms. The summed E-state index contributed by atoms with van der Waals surface area (Å²) in [5.74, 6) is -0.132. The van der Waals surface area contributed by atoms with E-state index < -0.39 is 0 Å². The molecule has 8 heteroatoms. The Bertz CT molecular complexity index is 404. The molecular weight excluding hydrogens is 315 g/mol. The molecule has 1 heterocycles. The number of pyridine rings is 1. The van der Waals surface area contributed by atoms with Gasteiger partial charge in [-0.1, -0.05) is 6.07 Å². The lowest BCUT2D eigenvalue weighted by molar-refractivity contribution is -0.122. The Kier molecular flexibility index (Phi) is 14.2. The van der Waals surface area contributed by atoms with Crippen LogP contribution in [0.2, 0.25) is 0 Å². The van der Waals surface area contributed by atoms with Crippen LogP contribution in [-0.2, 0) is 16.1 Å². The van der Waals surface area contributed by atoms with E-state index in [1.54, 1.807) is 19.4 Å². The van der Waals surface area contributed by atoms with E-state index in [9.17, 15) is 9.59 Å². The van der Waals surface area contributed by atoms with Crippen molar-refractivity contribution in [3.63, 3.8) is 0 Å². The Hall–Kier alpha value is -1.37. The van der Waals surface area contributed by atoms with Gasteiger partial charge in [0.25, 0.3) is 0 Å². The molecule has 0 aliphatic heterocycles. The van der Waals surface area contributed by atoms with Crippen molar-refractivity contribution in [2.75, 3.05) is 20.1 Å².